The fraction of sp³-hybridized carbons (Fsp3) is 0.471. The highest BCUT2D eigenvalue weighted by Gasteiger charge is 2.33. The summed E-state index contributed by atoms with van der Waals surface area (Å²) in [5.41, 5.74) is -0.256. The number of nitrogens with one attached hydrogen (secondary N) is 1. The minimum absolute atomic E-state index is 0.0489. The highest BCUT2D eigenvalue weighted by Crippen LogP contribution is 2.27. The molecule has 1 fully saturated rings. The van der Waals surface area contributed by atoms with Crippen molar-refractivity contribution in [1.82, 2.24) is 5.32 Å². The first-order chi connectivity index (χ1) is 11.4. The van der Waals surface area contributed by atoms with E-state index in [9.17, 15) is 14.9 Å². The number of carbonyl (C=O) groups is 2. The first-order valence-electron chi connectivity index (χ1n) is 7.76. The number of hydrogen-bond acceptors (Lipinski definition) is 4. The van der Waals surface area contributed by atoms with Gasteiger partial charge in [-0.15, -0.1) is 0 Å². The van der Waals surface area contributed by atoms with Gasteiger partial charge in [0.25, 0.3) is 5.91 Å². The average molecular weight is 369 g/mol. The molecule has 0 spiro atoms. The predicted octanol–water partition coefficient (Wildman–Crippen LogP) is 3.42. The van der Waals surface area contributed by atoms with E-state index in [1.165, 1.54) is 6.07 Å². The van der Waals surface area contributed by atoms with Gasteiger partial charge < -0.3 is 10.1 Å². The molecule has 128 valence electrons. The average Bonchev–Trinajstić information content (AvgIpc) is 2.56. The molecular weight excluding hydrogens is 351 g/mol. The minimum Gasteiger partial charge on any atom is -0.455 e. The molecule has 0 bridgehead atoms. The summed E-state index contributed by atoms with van der Waals surface area (Å²) < 4.78 is 4.97. The van der Waals surface area contributed by atoms with Gasteiger partial charge in [0.1, 0.15) is 5.54 Å². The molecule has 0 saturated heterocycles. The Morgan fingerprint density at radius 1 is 1.25 bits per heavy atom. The highest BCUT2D eigenvalue weighted by atomic mass is 35.5. The molecule has 24 heavy (non-hydrogen) atoms. The Bertz CT molecular complexity index is 664. The van der Waals surface area contributed by atoms with Crippen LogP contribution in [0.4, 0.5) is 0 Å². The summed E-state index contributed by atoms with van der Waals surface area (Å²) in [4.78, 5) is 23.8. The molecule has 5 nitrogen and oxygen atoms in total. The summed E-state index contributed by atoms with van der Waals surface area (Å²) in [6, 6.07) is 6.99. The molecule has 1 saturated carbocycles. The van der Waals surface area contributed by atoms with E-state index in [0.29, 0.717) is 28.5 Å². The second-order valence-corrected chi connectivity index (χ2v) is 6.72. The van der Waals surface area contributed by atoms with Crippen molar-refractivity contribution in [2.24, 2.45) is 0 Å². The molecular formula is C17H18Cl2N2O3. The lowest BCUT2D eigenvalue weighted by Gasteiger charge is -2.31. The number of hydrogen-bond donors (Lipinski definition) is 1. The Kier molecular flexibility index (Phi) is 6.47. The predicted molar refractivity (Wildman–Crippen MR) is 90.7 cm³/mol. The maximum Gasteiger partial charge on any atom is 0.310 e. The molecule has 7 heteroatoms. The van der Waals surface area contributed by atoms with Gasteiger partial charge >= 0.3 is 5.97 Å². The number of nitriles is 1. The Morgan fingerprint density at radius 3 is 2.58 bits per heavy atom. The Morgan fingerprint density at radius 2 is 1.96 bits per heavy atom. The van der Waals surface area contributed by atoms with Crippen LogP contribution in [0.5, 0.6) is 0 Å². The highest BCUT2D eigenvalue weighted by molar-refractivity contribution is 6.35. The second kappa shape index (κ2) is 8.36. The Balaban J connectivity index is 1.82. The molecule has 1 N–H and O–H groups in total. The van der Waals surface area contributed by atoms with Crippen LogP contribution < -0.4 is 5.32 Å². The lowest BCUT2D eigenvalue weighted by molar-refractivity contribution is -0.148. The first kappa shape index (κ1) is 18.6. The van der Waals surface area contributed by atoms with E-state index in [4.69, 9.17) is 27.9 Å². The molecule has 0 radical (unpaired) electrons. The molecule has 2 rings (SSSR count). The number of ether oxygens (including phenoxy) is 1. The van der Waals surface area contributed by atoms with Crippen LogP contribution >= 0.6 is 23.2 Å². The molecule has 1 aromatic carbocycles. The summed E-state index contributed by atoms with van der Waals surface area (Å²) in [7, 11) is 0. The zero-order chi connectivity index (χ0) is 17.6. The Hall–Kier alpha value is -1.77. The fourth-order valence-corrected chi connectivity index (χ4v) is 3.22. The zero-order valence-corrected chi connectivity index (χ0v) is 14.6. The van der Waals surface area contributed by atoms with Gasteiger partial charge in [0.05, 0.1) is 12.5 Å². The first-order valence-corrected chi connectivity index (χ1v) is 8.51. The van der Waals surface area contributed by atoms with Crippen molar-refractivity contribution in [3.63, 3.8) is 0 Å². The van der Waals surface area contributed by atoms with Gasteiger partial charge in [-0.05, 0) is 30.5 Å². The standard InChI is InChI=1S/C17H18Cl2N2O3/c18-13-5-4-12(14(19)9-13)8-16(23)24-10-15(22)21-17(11-20)6-2-1-3-7-17/h4-5,9H,1-3,6-8,10H2,(H,21,22). The van der Waals surface area contributed by atoms with Crippen LogP contribution in [-0.2, 0) is 20.7 Å². The van der Waals surface area contributed by atoms with E-state index in [0.717, 1.165) is 19.3 Å². The van der Waals surface area contributed by atoms with Gasteiger partial charge in [0, 0.05) is 10.0 Å². The van der Waals surface area contributed by atoms with Crippen molar-refractivity contribution in [1.29, 1.82) is 5.26 Å². The third-order valence-electron chi connectivity index (χ3n) is 4.01. The van der Waals surface area contributed by atoms with Gasteiger partial charge in [-0.2, -0.15) is 5.26 Å². The summed E-state index contributed by atoms with van der Waals surface area (Å²) in [6.45, 7) is -0.409. The molecule has 1 amide bonds. The van der Waals surface area contributed by atoms with Crippen LogP contribution in [0, 0.1) is 11.3 Å². The number of benzene rings is 1. The van der Waals surface area contributed by atoms with Crippen molar-refractivity contribution >= 4 is 35.1 Å². The minimum atomic E-state index is -0.832. The van der Waals surface area contributed by atoms with E-state index in [1.807, 2.05) is 0 Å². The van der Waals surface area contributed by atoms with Crippen LogP contribution in [0.25, 0.3) is 0 Å². The van der Waals surface area contributed by atoms with Crippen LogP contribution in [0.2, 0.25) is 10.0 Å². The number of nitrogens with zero attached hydrogens (tertiary/aromatic N) is 1. The largest absolute Gasteiger partial charge is 0.455 e. The molecule has 0 aliphatic heterocycles. The maximum absolute atomic E-state index is 12.0. The SMILES string of the molecule is N#CC1(NC(=O)COC(=O)Cc2ccc(Cl)cc2Cl)CCCCC1. The zero-order valence-electron chi connectivity index (χ0n) is 13.1. The van der Waals surface area contributed by atoms with E-state index in [2.05, 4.69) is 11.4 Å². The van der Waals surface area contributed by atoms with Gasteiger partial charge in [-0.25, -0.2) is 0 Å². The van der Waals surface area contributed by atoms with E-state index < -0.39 is 24.0 Å². The fourth-order valence-electron chi connectivity index (χ4n) is 2.74. The smallest absolute Gasteiger partial charge is 0.310 e. The summed E-state index contributed by atoms with van der Waals surface area (Å²) in [5, 5.41) is 12.9. The molecule has 0 heterocycles. The van der Waals surface area contributed by atoms with Crippen molar-refractivity contribution in [2.45, 2.75) is 44.1 Å². The van der Waals surface area contributed by atoms with E-state index in [-0.39, 0.29) is 6.42 Å². The van der Waals surface area contributed by atoms with E-state index >= 15 is 0 Å². The number of amides is 1. The summed E-state index contributed by atoms with van der Waals surface area (Å²) >= 11 is 11.8. The number of esters is 1. The Labute approximate surface area is 150 Å². The van der Waals surface area contributed by atoms with E-state index in [1.54, 1.807) is 12.1 Å². The molecule has 0 unspecified atom stereocenters. The van der Waals surface area contributed by atoms with Gasteiger partial charge in [-0.1, -0.05) is 48.5 Å². The van der Waals surface area contributed by atoms with Crippen LogP contribution in [-0.4, -0.2) is 24.0 Å². The lowest BCUT2D eigenvalue weighted by atomic mass is 9.83. The van der Waals surface area contributed by atoms with Crippen LogP contribution in [0.3, 0.4) is 0 Å². The normalized spacial score (nSPS) is 16.0. The maximum atomic E-state index is 12.0. The molecule has 0 aromatic heterocycles. The lowest BCUT2D eigenvalue weighted by Crippen LogP contribution is -2.50. The number of halogens is 2. The number of carbonyl (C=O) groups excluding carboxylic acids is 2. The molecule has 1 aliphatic rings. The molecule has 1 aliphatic carbocycles. The van der Waals surface area contributed by atoms with Crippen molar-refractivity contribution in [3.05, 3.63) is 33.8 Å². The summed E-state index contributed by atoms with van der Waals surface area (Å²) in [5.74, 6) is -1.03. The van der Waals surface area contributed by atoms with Crippen molar-refractivity contribution < 1.29 is 14.3 Å². The molecule has 1 aromatic rings. The monoisotopic (exact) mass is 368 g/mol. The third kappa shape index (κ3) is 5.12. The number of rotatable bonds is 5. The van der Waals surface area contributed by atoms with Crippen molar-refractivity contribution in [3.8, 4) is 6.07 Å². The van der Waals surface area contributed by atoms with Crippen LogP contribution in [0.15, 0.2) is 18.2 Å². The third-order valence-corrected chi connectivity index (χ3v) is 4.60. The summed E-state index contributed by atoms with van der Waals surface area (Å²) in [6.07, 6.45) is 4.08. The van der Waals surface area contributed by atoms with Crippen LogP contribution in [0.1, 0.15) is 37.7 Å². The molecule has 0 atom stereocenters. The van der Waals surface area contributed by atoms with Gasteiger partial charge in [0.15, 0.2) is 6.61 Å². The quantitative estimate of drug-likeness (QED) is 0.807. The topological polar surface area (TPSA) is 79.2 Å². The van der Waals surface area contributed by atoms with Gasteiger partial charge in [-0.3, -0.25) is 9.59 Å². The van der Waals surface area contributed by atoms with Gasteiger partial charge in [0.2, 0.25) is 0 Å². The van der Waals surface area contributed by atoms with Crippen molar-refractivity contribution in [2.75, 3.05) is 6.61 Å². The second-order valence-electron chi connectivity index (χ2n) is 5.88.